The SMILES string of the molecule is CC1(Cn2cc(-c3ccc(C#N)nc3-c3ccn4nc(CF)nc4c3)cn2)CCCC1. The zero-order chi connectivity index (χ0) is 21.4. The number of nitriles is 1. The molecule has 1 aliphatic rings. The van der Waals surface area contributed by atoms with E-state index in [1.165, 1.54) is 30.2 Å². The fourth-order valence-electron chi connectivity index (χ4n) is 4.47. The van der Waals surface area contributed by atoms with E-state index in [9.17, 15) is 9.65 Å². The minimum absolute atomic E-state index is 0.137. The van der Waals surface area contributed by atoms with Gasteiger partial charge in [-0.1, -0.05) is 19.8 Å². The number of halogens is 1. The highest BCUT2D eigenvalue weighted by molar-refractivity contribution is 5.81. The summed E-state index contributed by atoms with van der Waals surface area (Å²) >= 11 is 0. The minimum atomic E-state index is -0.720. The fourth-order valence-corrected chi connectivity index (χ4v) is 4.47. The quantitative estimate of drug-likeness (QED) is 0.476. The number of hydrogen-bond acceptors (Lipinski definition) is 5. The summed E-state index contributed by atoms with van der Waals surface area (Å²) in [6.07, 6.45) is 10.6. The molecule has 5 rings (SSSR count). The third-order valence-corrected chi connectivity index (χ3v) is 6.08. The van der Waals surface area contributed by atoms with Crippen molar-refractivity contribution >= 4 is 5.65 Å². The van der Waals surface area contributed by atoms with Crippen LogP contribution in [-0.2, 0) is 13.2 Å². The van der Waals surface area contributed by atoms with Crippen molar-refractivity contribution < 1.29 is 4.39 Å². The summed E-state index contributed by atoms with van der Waals surface area (Å²) in [6, 6.07) is 9.38. The van der Waals surface area contributed by atoms with Crippen molar-refractivity contribution in [3.8, 4) is 28.5 Å². The van der Waals surface area contributed by atoms with Crippen LogP contribution in [0.25, 0.3) is 28.0 Å². The maximum absolute atomic E-state index is 13.0. The largest absolute Gasteiger partial charge is 0.272 e. The molecule has 0 N–H and O–H groups in total. The monoisotopic (exact) mass is 415 g/mol. The molecule has 0 aliphatic heterocycles. The van der Waals surface area contributed by atoms with E-state index >= 15 is 0 Å². The van der Waals surface area contributed by atoms with Crippen LogP contribution < -0.4 is 0 Å². The topological polar surface area (TPSA) is 84.7 Å². The summed E-state index contributed by atoms with van der Waals surface area (Å²) in [5.74, 6) is 0.137. The Balaban J connectivity index is 1.55. The van der Waals surface area contributed by atoms with Crippen LogP contribution in [0, 0.1) is 16.7 Å². The Bertz CT molecular complexity index is 1290. The number of hydrogen-bond donors (Lipinski definition) is 0. The van der Waals surface area contributed by atoms with Crippen LogP contribution in [0.3, 0.4) is 0 Å². The number of fused-ring (bicyclic) bond motifs is 1. The van der Waals surface area contributed by atoms with Gasteiger partial charge < -0.3 is 0 Å². The molecule has 0 bridgehead atoms. The van der Waals surface area contributed by atoms with Crippen molar-refractivity contribution in [2.24, 2.45) is 5.41 Å². The lowest BCUT2D eigenvalue weighted by molar-refractivity contribution is 0.268. The van der Waals surface area contributed by atoms with Gasteiger partial charge in [-0.25, -0.2) is 18.9 Å². The number of aromatic nitrogens is 6. The standard InChI is InChI=1S/C23H22FN7/c1-23(7-2-3-8-23)15-30-14-17(13-26-30)19-5-4-18(12-25)27-22(19)16-6-9-31-21(10-16)28-20(11-24)29-31/h4-6,9-10,13-14H,2-3,7-8,11,15H2,1H3. The Hall–Kier alpha value is -3.60. The number of pyridine rings is 2. The third kappa shape index (κ3) is 3.67. The van der Waals surface area contributed by atoms with Crippen molar-refractivity contribution in [2.75, 3.05) is 0 Å². The van der Waals surface area contributed by atoms with Crippen molar-refractivity contribution in [1.82, 2.24) is 29.4 Å². The van der Waals surface area contributed by atoms with Crippen LogP contribution in [0.2, 0.25) is 0 Å². The first-order valence-corrected chi connectivity index (χ1v) is 10.4. The highest BCUT2D eigenvalue weighted by Gasteiger charge is 2.29. The molecule has 0 unspecified atom stereocenters. The van der Waals surface area contributed by atoms with Crippen LogP contribution in [0.15, 0.2) is 42.9 Å². The molecule has 1 fully saturated rings. The van der Waals surface area contributed by atoms with Gasteiger partial charge in [0.25, 0.3) is 0 Å². The molecule has 4 heterocycles. The lowest BCUT2D eigenvalue weighted by atomic mass is 9.89. The molecule has 0 aromatic carbocycles. The molecule has 0 amide bonds. The van der Waals surface area contributed by atoms with E-state index < -0.39 is 6.67 Å². The normalized spacial score (nSPS) is 15.4. The Morgan fingerprint density at radius 2 is 2.00 bits per heavy atom. The molecule has 0 atom stereocenters. The zero-order valence-corrected chi connectivity index (χ0v) is 17.3. The minimum Gasteiger partial charge on any atom is -0.272 e. The summed E-state index contributed by atoms with van der Waals surface area (Å²) < 4.78 is 16.5. The first-order valence-electron chi connectivity index (χ1n) is 10.4. The van der Waals surface area contributed by atoms with Crippen molar-refractivity contribution in [1.29, 1.82) is 5.26 Å². The van der Waals surface area contributed by atoms with Gasteiger partial charge in [0.05, 0.1) is 11.9 Å². The molecule has 7 nitrogen and oxygen atoms in total. The van der Waals surface area contributed by atoms with Gasteiger partial charge in [0, 0.05) is 35.6 Å². The molecular weight excluding hydrogens is 393 g/mol. The molecule has 0 spiro atoms. The second-order valence-electron chi connectivity index (χ2n) is 8.53. The maximum atomic E-state index is 13.0. The second-order valence-corrected chi connectivity index (χ2v) is 8.53. The van der Waals surface area contributed by atoms with Gasteiger partial charge in [-0.2, -0.15) is 10.4 Å². The van der Waals surface area contributed by atoms with Gasteiger partial charge in [0.2, 0.25) is 0 Å². The van der Waals surface area contributed by atoms with E-state index in [0.717, 1.165) is 23.2 Å². The van der Waals surface area contributed by atoms with E-state index in [4.69, 9.17) is 0 Å². The Morgan fingerprint density at radius 1 is 1.16 bits per heavy atom. The lowest BCUT2D eigenvalue weighted by Gasteiger charge is -2.22. The number of nitrogens with zero attached hydrogens (tertiary/aromatic N) is 7. The van der Waals surface area contributed by atoms with Gasteiger partial charge in [0.15, 0.2) is 18.1 Å². The highest BCUT2D eigenvalue weighted by Crippen LogP contribution is 2.39. The number of alkyl halides is 1. The van der Waals surface area contributed by atoms with E-state index in [1.807, 2.05) is 35.3 Å². The summed E-state index contributed by atoms with van der Waals surface area (Å²) in [5.41, 5.74) is 4.43. The molecule has 1 aliphatic carbocycles. The summed E-state index contributed by atoms with van der Waals surface area (Å²) in [7, 11) is 0. The molecule has 31 heavy (non-hydrogen) atoms. The molecule has 8 heteroatoms. The van der Waals surface area contributed by atoms with Crippen LogP contribution >= 0.6 is 0 Å². The van der Waals surface area contributed by atoms with Gasteiger partial charge in [-0.3, -0.25) is 4.68 Å². The van der Waals surface area contributed by atoms with Gasteiger partial charge in [0.1, 0.15) is 11.8 Å². The van der Waals surface area contributed by atoms with Crippen LogP contribution in [-0.4, -0.2) is 29.4 Å². The second kappa shape index (κ2) is 7.58. The van der Waals surface area contributed by atoms with Crippen LogP contribution in [0.4, 0.5) is 4.39 Å². The zero-order valence-electron chi connectivity index (χ0n) is 17.3. The predicted molar refractivity (Wildman–Crippen MR) is 114 cm³/mol. The summed E-state index contributed by atoms with van der Waals surface area (Å²) in [6.45, 7) is 2.50. The summed E-state index contributed by atoms with van der Waals surface area (Å²) in [4.78, 5) is 8.77. The Kier molecular flexibility index (Phi) is 4.74. The van der Waals surface area contributed by atoms with Gasteiger partial charge in [-0.15, -0.1) is 5.10 Å². The molecule has 156 valence electrons. The molecule has 1 saturated carbocycles. The average Bonchev–Trinajstić information content (AvgIpc) is 3.52. The van der Waals surface area contributed by atoms with Crippen LogP contribution in [0.5, 0.6) is 0 Å². The number of rotatable bonds is 5. The van der Waals surface area contributed by atoms with Crippen molar-refractivity contribution in [2.45, 2.75) is 45.8 Å². The van der Waals surface area contributed by atoms with Crippen LogP contribution in [0.1, 0.15) is 44.1 Å². The first-order chi connectivity index (χ1) is 15.1. The van der Waals surface area contributed by atoms with E-state index in [2.05, 4.69) is 33.2 Å². The maximum Gasteiger partial charge on any atom is 0.182 e. The van der Waals surface area contributed by atoms with Gasteiger partial charge in [-0.05, 0) is 42.5 Å². The van der Waals surface area contributed by atoms with E-state index in [0.29, 0.717) is 22.5 Å². The van der Waals surface area contributed by atoms with E-state index in [1.54, 1.807) is 12.3 Å². The first kappa shape index (κ1) is 19.4. The average molecular weight is 415 g/mol. The molecule has 4 aromatic heterocycles. The lowest BCUT2D eigenvalue weighted by Crippen LogP contribution is -2.19. The fraction of sp³-hybridized carbons (Fsp3) is 0.348. The molecule has 0 radical (unpaired) electrons. The van der Waals surface area contributed by atoms with Crippen molar-refractivity contribution in [3.05, 3.63) is 54.4 Å². The Morgan fingerprint density at radius 3 is 2.77 bits per heavy atom. The molecular formula is C23H22FN7. The van der Waals surface area contributed by atoms with Gasteiger partial charge >= 0.3 is 0 Å². The third-order valence-electron chi connectivity index (χ3n) is 6.08. The van der Waals surface area contributed by atoms with Crippen molar-refractivity contribution in [3.63, 3.8) is 0 Å². The Labute approximate surface area is 179 Å². The highest BCUT2D eigenvalue weighted by atomic mass is 19.1. The molecule has 0 saturated heterocycles. The molecule has 4 aromatic rings. The smallest absolute Gasteiger partial charge is 0.182 e. The summed E-state index contributed by atoms with van der Waals surface area (Å²) in [5, 5.41) is 18.1. The van der Waals surface area contributed by atoms with E-state index in [-0.39, 0.29) is 5.82 Å². The predicted octanol–water partition coefficient (Wildman–Crippen LogP) is 4.58.